The molecule has 0 aliphatic carbocycles. The van der Waals surface area contributed by atoms with E-state index in [4.69, 9.17) is 0 Å². The fourth-order valence-corrected chi connectivity index (χ4v) is 0. The Balaban J connectivity index is 0. The quantitative estimate of drug-likeness (QED) is 0.320. The van der Waals surface area contributed by atoms with Crippen LogP contribution in [0.25, 0.3) is 0 Å². The van der Waals surface area contributed by atoms with Gasteiger partial charge in [-0.3, -0.25) is 0 Å². The predicted octanol–water partition coefficient (Wildman–Crippen LogP) is -6.89. The van der Waals surface area contributed by atoms with Gasteiger partial charge in [0.15, 0.2) is 0 Å². The summed E-state index contributed by atoms with van der Waals surface area (Å²) in [7, 11) is 0. The van der Waals surface area contributed by atoms with Crippen molar-refractivity contribution in [3.05, 3.63) is 0 Å². The standard InChI is InChI=1S/3Na.6H2O.3H/h;;;6*1H2;;;. The van der Waals surface area contributed by atoms with Crippen LogP contribution in [-0.2, 0) is 0 Å². The molecule has 0 aliphatic rings. The van der Waals surface area contributed by atoms with Crippen molar-refractivity contribution in [1.82, 2.24) is 0 Å². The maximum atomic E-state index is 0. The van der Waals surface area contributed by atoms with Gasteiger partial charge in [0.1, 0.15) is 0 Å². The minimum atomic E-state index is 0. The first-order chi connectivity index (χ1) is 0. The fraction of sp³-hybridized carbons (Fsp3) is 0. The van der Waals surface area contributed by atoms with E-state index in [-0.39, 0.29) is 122 Å². The summed E-state index contributed by atoms with van der Waals surface area (Å²) in [5.41, 5.74) is 0. The average molecular weight is 180 g/mol. The molecule has 54 valence electrons. The van der Waals surface area contributed by atoms with Crippen LogP contribution in [0.3, 0.4) is 0 Å². The van der Waals surface area contributed by atoms with Crippen LogP contribution < -0.4 is 0 Å². The maximum absolute atomic E-state index is 0. The van der Waals surface area contributed by atoms with Crippen LogP contribution in [0.1, 0.15) is 0 Å². The monoisotopic (exact) mass is 180 g/mol. The molecule has 9 heteroatoms. The van der Waals surface area contributed by atoms with Gasteiger partial charge in [-0.25, -0.2) is 0 Å². The first-order valence-electron chi connectivity index (χ1n) is 0. The third-order valence-electron chi connectivity index (χ3n) is 0. The summed E-state index contributed by atoms with van der Waals surface area (Å²) in [5.74, 6) is 0. The molecule has 0 spiro atoms. The van der Waals surface area contributed by atoms with Gasteiger partial charge >= 0.3 is 88.7 Å². The van der Waals surface area contributed by atoms with Crippen molar-refractivity contribution in [3.8, 4) is 0 Å². The van der Waals surface area contributed by atoms with E-state index < -0.39 is 0 Å². The fourth-order valence-electron chi connectivity index (χ4n) is 0. The Morgan fingerprint density at radius 1 is 0.222 bits per heavy atom. The summed E-state index contributed by atoms with van der Waals surface area (Å²) in [6, 6.07) is 0. The van der Waals surface area contributed by atoms with Gasteiger partial charge in [-0.05, 0) is 0 Å². The summed E-state index contributed by atoms with van der Waals surface area (Å²) in [6.07, 6.45) is 0. The Kier molecular flexibility index (Phi) is 2670. The van der Waals surface area contributed by atoms with Crippen molar-refractivity contribution in [2.75, 3.05) is 0 Å². The second-order valence-corrected chi connectivity index (χ2v) is 0. The molecule has 0 aromatic heterocycles. The molecule has 0 fully saturated rings. The molecule has 0 radical (unpaired) electrons. The molecule has 0 amide bonds. The molecule has 0 saturated carbocycles. The van der Waals surface area contributed by atoms with E-state index in [1.807, 2.05) is 0 Å². The molecule has 9 heavy (non-hydrogen) atoms. The van der Waals surface area contributed by atoms with Crippen LogP contribution >= 0.6 is 0 Å². The first-order valence-corrected chi connectivity index (χ1v) is 0. The van der Waals surface area contributed by atoms with Gasteiger partial charge in [0.25, 0.3) is 0 Å². The first kappa shape index (κ1) is 179. The Bertz CT molecular complexity index is 8.26. The second kappa shape index (κ2) is 135. The summed E-state index contributed by atoms with van der Waals surface area (Å²) >= 11 is 0. The van der Waals surface area contributed by atoms with Crippen molar-refractivity contribution >= 4 is 88.7 Å². The number of hydrogen-bond donors (Lipinski definition) is 0. The molecule has 0 saturated heterocycles. The molecule has 0 aliphatic heterocycles. The van der Waals surface area contributed by atoms with Gasteiger partial charge in [0, 0.05) is 0 Å². The van der Waals surface area contributed by atoms with Gasteiger partial charge in [0.05, 0.1) is 0 Å². The Morgan fingerprint density at radius 2 is 0.222 bits per heavy atom. The summed E-state index contributed by atoms with van der Waals surface area (Å²) in [6.45, 7) is 0. The summed E-state index contributed by atoms with van der Waals surface area (Å²) in [4.78, 5) is 0. The van der Waals surface area contributed by atoms with Crippen molar-refractivity contribution in [2.45, 2.75) is 0 Å². The molecule has 6 nitrogen and oxygen atoms in total. The van der Waals surface area contributed by atoms with Gasteiger partial charge in [-0.1, -0.05) is 0 Å². The van der Waals surface area contributed by atoms with Crippen molar-refractivity contribution in [1.29, 1.82) is 0 Å². The normalized spacial score (nSPS) is 0. The Hall–Kier alpha value is 2.76. The van der Waals surface area contributed by atoms with Crippen LogP contribution in [0.5, 0.6) is 0 Å². The molecule has 0 rings (SSSR count). The van der Waals surface area contributed by atoms with Crippen LogP contribution in [-0.4, -0.2) is 122 Å². The van der Waals surface area contributed by atoms with E-state index in [0.29, 0.717) is 0 Å². The van der Waals surface area contributed by atoms with Gasteiger partial charge < -0.3 is 32.9 Å². The number of hydrogen-bond acceptors (Lipinski definition) is 0. The molecular formula is H15Na3O6. The van der Waals surface area contributed by atoms with E-state index in [1.165, 1.54) is 0 Å². The van der Waals surface area contributed by atoms with Crippen LogP contribution in [0.4, 0.5) is 0 Å². The third kappa shape index (κ3) is 108. The zero-order chi connectivity index (χ0) is 0. The van der Waals surface area contributed by atoms with Gasteiger partial charge in [-0.2, -0.15) is 0 Å². The number of rotatable bonds is 0. The summed E-state index contributed by atoms with van der Waals surface area (Å²) < 4.78 is 0. The molecule has 0 atom stereocenters. The van der Waals surface area contributed by atoms with Crippen molar-refractivity contribution < 1.29 is 32.9 Å². The SMILES string of the molecule is O.O.O.O.O.O.[NaH].[NaH].[NaH]. The molecule has 0 aromatic carbocycles. The van der Waals surface area contributed by atoms with Crippen LogP contribution in [0, 0.1) is 0 Å². The molecule has 0 heterocycles. The third-order valence-corrected chi connectivity index (χ3v) is 0. The van der Waals surface area contributed by atoms with Crippen molar-refractivity contribution in [2.24, 2.45) is 0 Å². The van der Waals surface area contributed by atoms with E-state index in [0.717, 1.165) is 0 Å². The molecule has 0 aromatic rings. The predicted molar refractivity (Wildman–Crippen MR) is 43.1 cm³/mol. The average Bonchev–Trinajstić information content (AvgIpc) is 0. The summed E-state index contributed by atoms with van der Waals surface area (Å²) in [5, 5.41) is 0. The Labute approximate surface area is 119 Å². The molecule has 0 unspecified atom stereocenters. The molecular weight excluding hydrogens is 165 g/mol. The zero-order valence-electron chi connectivity index (χ0n) is 3.00. The van der Waals surface area contributed by atoms with Gasteiger partial charge in [-0.15, -0.1) is 0 Å². The molecule has 12 N–H and O–H groups in total. The van der Waals surface area contributed by atoms with E-state index in [2.05, 4.69) is 0 Å². The van der Waals surface area contributed by atoms with E-state index in [1.54, 1.807) is 0 Å². The zero-order valence-corrected chi connectivity index (χ0v) is 3.00. The van der Waals surface area contributed by atoms with Crippen LogP contribution in [0.2, 0.25) is 0 Å². The van der Waals surface area contributed by atoms with Crippen molar-refractivity contribution in [3.63, 3.8) is 0 Å². The topological polar surface area (TPSA) is 189 Å². The molecule has 0 bridgehead atoms. The van der Waals surface area contributed by atoms with E-state index >= 15 is 0 Å². The second-order valence-electron chi connectivity index (χ2n) is 0. The van der Waals surface area contributed by atoms with Crippen LogP contribution in [0.15, 0.2) is 0 Å². The van der Waals surface area contributed by atoms with E-state index in [9.17, 15) is 0 Å². The minimum absolute atomic E-state index is 0. The Morgan fingerprint density at radius 3 is 0.222 bits per heavy atom. The van der Waals surface area contributed by atoms with Gasteiger partial charge in [0.2, 0.25) is 0 Å².